The lowest BCUT2D eigenvalue weighted by Crippen LogP contribution is -2.25. The Morgan fingerprint density at radius 3 is 2.32 bits per heavy atom. The van der Waals surface area contributed by atoms with Gasteiger partial charge in [0.25, 0.3) is 5.91 Å². The van der Waals surface area contributed by atoms with E-state index in [1.165, 1.54) is 7.05 Å². The molecule has 0 spiro atoms. The minimum atomic E-state index is -0.433. The van der Waals surface area contributed by atoms with Crippen molar-refractivity contribution < 1.29 is 14.3 Å². The number of halogens is 2. The summed E-state index contributed by atoms with van der Waals surface area (Å²) in [6, 6.07) is 13.1. The molecule has 1 aliphatic heterocycles. The van der Waals surface area contributed by atoms with E-state index in [0.29, 0.717) is 12.4 Å². The van der Waals surface area contributed by atoms with E-state index >= 15 is 0 Å². The van der Waals surface area contributed by atoms with Crippen LogP contribution in [0.2, 0.25) is 0 Å². The second kappa shape index (κ2) is 7.41. The molecule has 25 heavy (non-hydrogen) atoms. The number of hydrogen-bond donors (Lipinski definition) is 1. The number of ether oxygens (including phenoxy) is 1. The summed E-state index contributed by atoms with van der Waals surface area (Å²) in [5.74, 6) is 0.312. The van der Waals surface area contributed by atoms with Gasteiger partial charge in [-0.1, -0.05) is 30.3 Å². The molecule has 1 heterocycles. The molecule has 0 atom stereocenters. The lowest BCUT2D eigenvalue weighted by atomic mass is 10.2. The number of nitrogens with zero attached hydrogens (tertiary/aromatic N) is 1. The highest BCUT2D eigenvalue weighted by molar-refractivity contribution is 9.11. The Morgan fingerprint density at radius 2 is 1.76 bits per heavy atom. The maximum Gasteiger partial charge on any atom is 0.328 e. The smallest absolute Gasteiger partial charge is 0.328 e. The van der Waals surface area contributed by atoms with Gasteiger partial charge in [-0.05, 0) is 61.2 Å². The number of likely N-dealkylation sites (N-methyl/N-ethyl adjacent to an activating group) is 1. The maximum absolute atomic E-state index is 11.9. The van der Waals surface area contributed by atoms with E-state index in [2.05, 4.69) is 37.2 Å². The third-order valence-corrected chi connectivity index (χ3v) is 4.82. The predicted molar refractivity (Wildman–Crippen MR) is 102 cm³/mol. The molecule has 3 amide bonds. The lowest BCUT2D eigenvalue weighted by molar-refractivity contribution is -0.121. The fraction of sp³-hybridized carbons (Fsp3) is 0.111. The number of amides is 3. The molecule has 0 aliphatic carbocycles. The summed E-state index contributed by atoms with van der Waals surface area (Å²) in [5, 5.41) is 2.54. The van der Waals surface area contributed by atoms with Gasteiger partial charge in [0.15, 0.2) is 0 Å². The molecule has 0 aromatic heterocycles. The van der Waals surface area contributed by atoms with E-state index in [0.717, 1.165) is 25.0 Å². The van der Waals surface area contributed by atoms with E-state index in [1.54, 1.807) is 6.08 Å². The molecular formula is C18H14Br2N2O3. The largest absolute Gasteiger partial charge is 0.487 e. The van der Waals surface area contributed by atoms with E-state index in [9.17, 15) is 9.59 Å². The molecule has 7 heteroatoms. The quantitative estimate of drug-likeness (QED) is 0.540. The van der Waals surface area contributed by atoms with Crippen molar-refractivity contribution in [1.82, 2.24) is 10.2 Å². The fourth-order valence-corrected chi connectivity index (χ4v) is 3.77. The summed E-state index contributed by atoms with van der Waals surface area (Å²) >= 11 is 6.99. The van der Waals surface area contributed by atoms with Crippen molar-refractivity contribution in [1.29, 1.82) is 0 Å². The number of nitrogens with one attached hydrogen (secondary N) is 1. The van der Waals surface area contributed by atoms with Crippen LogP contribution in [0.15, 0.2) is 57.1 Å². The summed E-state index contributed by atoms with van der Waals surface area (Å²) in [4.78, 5) is 24.5. The topological polar surface area (TPSA) is 58.6 Å². The first-order chi connectivity index (χ1) is 12.0. The molecule has 2 aromatic carbocycles. The summed E-state index contributed by atoms with van der Waals surface area (Å²) in [6.07, 6.45) is 1.63. The van der Waals surface area contributed by atoms with Crippen LogP contribution in [0.4, 0.5) is 4.79 Å². The Morgan fingerprint density at radius 1 is 1.12 bits per heavy atom. The fourth-order valence-electron chi connectivity index (χ4n) is 2.32. The number of imide groups is 1. The van der Waals surface area contributed by atoms with Crippen LogP contribution in [0.5, 0.6) is 5.75 Å². The molecule has 128 valence electrons. The maximum atomic E-state index is 11.9. The van der Waals surface area contributed by atoms with Crippen molar-refractivity contribution in [3.63, 3.8) is 0 Å². The zero-order chi connectivity index (χ0) is 18.0. The number of carbonyl (C=O) groups is 2. The molecule has 0 unspecified atom stereocenters. The zero-order valence-corrected chi connectivity index (χ0v) is 16.4. The number of urea groups is 1. The van der Waals surface area contributed by atoms with Gasteiger partial charge in [0.2, 0.25) is 0 Å². The van der Waals surface area contributed by atoms with Crippen molar-refractivity contribution in [3.8, 4) is 5.75 Å². The average molecular weight is 466 g/mol. The zero-order valence-electron chi connectivity index (χ0n) is 13.3. The number of benzene rings is 2. The SMILES string of the molecule is CN1C(=O)N/C(=C/c2cc(Br)c(OCc3ccccc3)c(Br)c2)C1=O. The third-order valence-electron chi connectivity index (χ3n) is 3.64. The Hall–Kier alpha value is -2.12. The summed E-state index contributed by atoms with van der Waals surface area (Å²) < 4.78 is 7.36. The highest BCUT2D eigenvalue weighted by Crippen LogP contribution is 2.36. The van der Waals surface area contributed by atoms with E-state index in [-0.39, 0.29) is 11.6 Å². The van der Waals surface area contributed by atoms with Gasteiger partial charge in [0.1, 0.15) is 18.1 Å². The first-order valence-electron chi connectivity index (χ1n) is 7.42. The molecule has 0 radical (unpaired) electrons. The minimum absolute atomic E-state index is 0.240. The highest BCUT2D eigenvalue weighted by Gasteiger charge is 2.30. The number of rotatable bonds is 4. The molecular weight excluding hydrogens is 452 g/mol. The van der Waals surface area contributed by atoms with Crippen LogP contribution < -0.4 is 10.1 Å². The lowest BCUT2D eigenvalue weighted by Gasteiger charge is -2.11. The average Bonchev–Trinajstić information content (AvgIpc) is 2.82. The molecule has 1 N–H and O–H groups in total. The Bertz CT molecular complexity index is 843. The molecule has 0 bridgehead atoms. The first kappa shape index (κ1) is 17.7. The van der Waals surface area contributed by atoms with E-state index in [1.807, 2.05) is 42.5 Å². The van der Waals surface area contributed by atoms with E-state index in [4.69, 9.17) is 4.74 Å². The molecule has 3 rings (SSSR count). The third kappa shape index (κ3) is 3.93. The van der Waals surface area contributed by atoms with Crippen LogP contribution in [-0.4, -0.2) is 23.9 Å². The van der Waals surface area contributed by atoms with Crippen molar-refractivity contribution in [2.45, 2.75) is 6.61 Å². The van der Waals surface area contributed by atoms with Gasteiger partial charge in [-0.15, -0.1) is 0 Å². The van der Waals surface area contributed by atoms with Crippen molar-refractivity contribution in [3.05, 3.63) is 68.2 Å². The predicted octanol–water partition coefficient (Wildman–Crippen LogP) is 4.31. The monoisotopic (exact) mass is 464 g/mol. The Balaban J connectivity index is 1.81. The van der Waals surface area contributed by atoms with Crippen molar-refractivity contribution >= 4 is 49.9 Å². The molecule has 1 aliphatic rings. The van der Waals surface area contributed by atoms with Crippen LogP contribution >= 0.6 is 31.9 Å². The number of carbonyl (C=O) groups excluding carboxylic acids is 2. The summed E-state index contributed by atoms with van der Waals surface area (Å²) in [7, 11) is 1.44. The van der Waals surface area contributed by atoms with Gasteiger partial charge in [-0.3, -0.25) is 9.69 Å². The van der Waals surface area contributed by atoms with Gasteiger partial charge in [0.05, 0.1) is 8.95 Å². The van der Waals surface area contributed by atoms with Crippen LogP contribution in [0.3, 0.4) is 0 Å². The van der Waals surface area contributed by atoms with E-state index < -0.39 is 6.03 Å². The summed E-state index contributed by atoms with van der Waals surface area (Å²) in [5.41, 5.74) is 2.06. The molecule has 0 saturated carbocycles. The van der Waals surface area contributed by atoms with Gasteiger partial charge in [0, 0.05) is 7.05 Å². The van der Waals surface area contributed by atoms with Crippen LogP contribution in [0.1, 0.15) is 11.1 Å². The van der Waals surface area contributed by atoms with Crippen LogP contribution in [0.25, 0.3) is 6.08 Å². The Kier molecular flexibility index (Phi) is 5.24. The van der Waals surface area contributed by atoms with Crippen molar-refractivity contribution in [2.24, 2.45) is 0 Å². The van der Waals surface area contributed by atoms with Gasteiger partial charge < -0.3 is 10.1 Å². The van der Waals surface area contributed by atoms with Gasteiger partial charge in [-0.2, -0.15) is 0 Å². The molecule has 2 aromatic rings. The first-order valence-corrected chi connectivity index (χ1v) is 9.01. The van der Waals surface area contributed by atoms with Gasteiger partial charge >= 0.3 is 6.03 Å². The summed E-state index contributed by atoms with van der Waals surface area (Å²) in [6.45, 7) is 0.442. The Labute approximate surface area is 161 Å². The van der Waals surface area contributed by atoms with Crippen molar-refractivity contribution in [2.75, 3.05) is 7.05 Å². The number of hydrogen-bond acceptors (Lipinski definition) is 3. The molecule has 1 saturated heterocycles. The minimum Gasteiger partial charge on any atom is -0.487 e. The highest BCUT2D eigenvalue weighted by atomic mass is 79.9. The molecule has 5 nitrogen and oxygen atoms in total. The second-order valence-electron chi connectivity index (χ2n) is 5.44. The standard InChI is InChI=1S/C18H14Br2N2O3/c1-22-17(23)15(21-18(22)24)9-12-7-13(19)16(14(20)8-12)25-10-11-5-3-2-4-6-11/h2-9H,10H2,1H3,(H,21,24)/b15-9+. The van der Waals surface area contributed by atoms with Crippen LogP contribution in [-0.2, 0) is 11.4 Å². The second-order valence-corrected chi connectivity index (χ2v) is 7.15. The van der Waals surface area contributed by atoms with Gasteiger partial charge in [-0.25, -0.2) is 4.79 Å². The normalized spacial score (nSPS) is 15.6. The molecule has 1 fully saturated rings. The van der Waals surface area contributed by atoms with Crippen LogP contribution in [0, 0.1) is 0 Å².